The number of aliphatic imine (C=N–C) groups is 4. The van der Waals surface area contributed by atoms with Crippen LogP contribution in [0.15, 0.2) is 171 Å². The van der Waals surface area contributed by atoms with E-state index in [1.54, 1.807) is 24.8 Å². The van der Waals surface area contributed by atoms with E-state index in [-0.39, 0.29) is 41.1 Å². The van der Waals surface area contributed by atoms with Gasteiger partial charge in [-0.05, 0) is 217 Å². The van der Waals surface area contributed by atoms with Crippen molar-refractivity contribution in [3.63, 3.8) is 0 Å². The van der Waals surface area contributed by atoms with Gasteiger partial charge < -0.3 is 36.6 Å². The molecule has 0 saturated heterocycles. The number of aromatic nitrogens is 7. The molecule has 7 aromatic heterocycles. The van der Waals surface area contributed by atoms with Crippen molar-refractivity contribution in [2.24, 2.45) is 42.9 Å². The van der Waals surface area contributed by atoms with Gasteiger partial charge in [0.1, 0.15) is 0 Å². The third-order valence-corrected chi connectivity index (χ3v) is 28.3. The van der Waals surface area contributed by atoms with Gasteiger partial charge in [0.2, 0.25) is 5.69 Å². The van der Waals surface area contributed by atoms with Gasteiger partial charge in [0.25, 0.3) is 0 Å². The Morgan fingerprint density at radius 2 is 0.800 bits per heavy atom. The third kappa shape index (κ3) is 17.6. The molecule has 4 aliphatic heterocycles. The number of hydrogen-bond acceptors (Lipinski definition) is 16. The summed E-state index contributed by atoms with van der Waals surface area (Å²) in [5, 5.41) is 2.96. The first-order valence-electron chi connectivity index (χ1n) is 37.4. The fourth-order valence-corrected chi connectivity index (χ4v) is 24.3. The number of rotatable bonds is 8. The molecule has 7 aromatic rings. The summed E-state index contributed by atoms with van der Waals surface area (Å²) in [6, 6.07) is 14.6. The molecule has 4 saturated carbocycles. The maximum Gasteiger partial charge on any atom is 0.205 e. The van der Waals surface area contributed by atoms with Gasteiger partial charge in [-0.15, -0.1) is 11.8 Å². The molecular formula is C84H99BrN16S4. The molecule has 2 unspecified atom stereocenters. The standard InChI is InChI=1S/2C22H26N4S.C21H24N4S.C19H23BrN4S/c2*1-3-7-17-12-19(14-24-13-17)26-11-8-18(15-26)21(2)16-22(27-20(23)25-21)9-5-4-6-10-22;1-20(14-21(26-19(22)25-20)8-4-3-5-9-21)17-7-6-15(10-17)16-11-18(23-2)13-24-12-16;1-18(13-19(25-17(21)23-18)6-3-2-4-7-19)14-5-8-24(12-14)16-9-15(20)10-22-11-16/h2*8,11-15H,4-6,9-10,16H2,1-2H3,(H2,23,25);6,10-13H,3-5,7-9,14H2,1H3,(H2,22,25);5,8-12H,2-4,6-7,13H2,1H3,(H2,21,23)/t21-;;20-;/m0.1./s1. The molecule has 16 rings (SSSR count). The number of pyridine rings is 4. The van der Waals surface area contributed by atoms with Gasteiger partial charge >= 0.3 is 0 Å². The monoisotopic (exact) mass is 1540 g/mol. The van der Waals surface area contributed by atoms with E-state index >= 15 is 0 Å². The fraction of sp³-hybridized carbons (Fsp3) is 0.464. The minimum absolute atomic E-state index is 0.226. The summed E-state index contributed by atoms with van der Waals surface area (Å²) in [5.74, 6) is 12.0. The molecule has 0 amide bonds. The van der Waals surface area contributed by atoms with Gasteiger partial charge in [0.05, 0.1) is 64.4 Å². The first-order chi connectivity index (χ1) is 50.5. The average molecular weight is 1540 g/mol. The van der Waals surface area contributed by atoms with Crippen LogP contribution in [0.5, 0.6) is 0 Å². The van der Waals surface area contributed by atoms with E-state index in [2.05, 4.69) is 192 Å². The Balaban J connectivity index is 0.000000124. The van der Waals surface area contributed by atoms with Crippen molar-refractivity contribution >= 4 is 94.9 Å². The van der Waals surface area contributed by atoms with E-state index in [1.165, 1.54) is 151 Å². The third-order valence-electron chi connectivity index (χ3n) is 22.7. The molecule has 16 nitrogen and oxygen atoms in total. The second kappa shape index (κ2) is 32.0. The van der Waals surface area contributed by atoms with Crippen LogP contribution in [0.4, 0.5) is 5.69 Å². The molecule has 21 heteroatoms. The van der Waals surface area contributed by atoms with Crippen LogP contribution in [-0.2, 0) is 16.6 Å². The van der Waals surface area contributed by atoms with Crippen LogP contribution in [0.3, 0.4) is 0 Å². The summed E-state index contributed by atoms with van der Waals surface area (Å²) >= 11 is 10.7. The zero-order valence-electron chi connectivity index (χ0n) is 61.6. The largest absolute Gasteiger partial charge is 0.378 e. The van der Waals surface area contributed by atoms with Gasteiger partial charge in [-0.3, -0.25) is 39.9 Å². The maximum atomic E-state index is 7.19. The van der Waals surface area contributed by atoms with Crippen molar-refractivity contribution in [1.82, 2.24) is 33.6 Å². The number of nitrogens with two attached hydrogens (primary N) is 4. The number of hydrogen-bond donors (Lipinski definition) is 4. The van der Waals surface area contributed by atoms with E-state index in [9.17, 15) is 0 Å². The zero-order chi connectivity index (χ0) is 73.5. The van der Waals surface area contributed by atoms with Gasteiger partial charge in [-0.2, -0.15) is 0 Å². The van der Waals surface area contributed by atoms with Crippen molar-refractivity contribution in [2.45, 2.75) is 243 Å². The van der Waals surface area contributed by atoms with Crippen LogP contribution in [0.25, 0.3) is 27.5 Å². The normalized spacial score (nSPS) is 25.4. The molecular weight excluding hydrogens is 1440 g/mol. The van der Waals surface area contributed by atoms with Gasteiger partial charge in [0.15, 0.2) is 20.7 Å². The van der Waals surface area contributed by atoms with Crippen LogP contribution >= 0.6 is 63.0 Å². The Hall–Kier alpha value is -7.71. The molecule has 4 atom stereocenters. The summed E-state index contributed by atoms with van der Waals surface area (Å²) in [6.07, 6.45) is 62.5. The molecule has 0 bridgehead atoms. The second-order valence-electron chi connectivity index (χ2n) is 31.0. The number of halogens is 1. The van der Waals surface area contributed by atoms with E-state index in [1.807, 2.05) is 91.7 Å². The lowest BCUT2D eigenvalue weighted by Gasteiger charge is -2.45. The zero-order valence-corrected chi connectivity index (χ0v) is 66.5. The van der Waals surface area contributed by atoms with Crippen molar-refractivity contribution < 1.29 is 0 Å². The lowest BCUT2D eigenvalue weighted by atomic mass is 9.76. The van der Waals surface area contributed by atoms with Crippen LogP contribution in [0, 0.1) is 30.3 Å². The van der Waals surface area contributed by atoms with E-state index in [0.29, 0.717) is 5.69 Å². The van der Waals surface area contributed by atoms with Crippen molar-refractivity contribution in [2.75, 3.05) is 0 Å². The number of thioether (sulfide) groups is 4. The lowest BCUT2D eigenvalue weighted by molar-refractivity contribution is 0.303. The van der Waals surface area contributed by atoms with Gasteiger partial charge in [0, 0.05) is 103 Å². The highest BCUT2D eigenvalue weighted by Gasteiger charge is 2.50. The van der Waals surface area contributed by atoms with Gasteiger partial charge in [-0.1, -0.05) is 148 Å². The Kier molecular flexibility index (Phi) is 23.0. The topological polar surface area (TPSA) is 224 Å². The van der Waals surface area contributed by atoms with E-state index < -0.39 is 0 Å². The Bertz CT molecular complexity index is 4540. The molecule has 4 spiro atoms. The first-order valence-corrected chi connectivity index (χ1v) is 41.4. The van der Waals surface area contributed by atoms with E-state index in [0.717, 1.165) is 96.6 Å². The number of amidine groups is 4. The predicted molar refractivity (Wildman–Crippen MR) is 444 cm³/mol. The van der Waals surface area contributed by atoms with Crippen LogP contribution in [0.2, 0.25) is 0 Å². The Morgan fingerprint density at radius 1 is 0.448 bits per heavy atom. The average Bonchev–Trinajstić information content (AvgIpc) is 1.77. The van der Waals surface area contributed by atoms with Gasteiger partial charge in [-0.25, -0.2) is 4.85 Å². The molecule has 11 heterocycles. The summed E-state index contributed by atoms with van der Waals surface area (Å²) < 4.78 is 8.32. The quantitative estimate of drug-likeness (QED) is 0.0824. The molecule has 105 heavy (non-hydrogen) atoms. The van der Waals surface area contributed by atoms with Crippen LogP contribution in [0.1, 0.15) is 235 Å². The second-order valence-corrected chi connectivity index (χ2v) is 37.8. The highest BCUT2D eigenvalue weighted by molar-refractivity contribution is 9.10. The molecule has 9 aliphatic rings. The highest BCUT2D eigenvalue weighted by Crippen LogP contribution is 2.56. The number of nitrogens with zero attached hydrogens (tertiary/aromatic N) is 12. The van der Waals surface area contributed by atoms with Crippen molar-refractivity contribution in [3.05, 3.63) is 196 Å². The first kappa shape index (κ1) is 75.5. The van der Waals surface area contributed by atoms with E-state index in [4.69, 9.17) is 49.5 Å². The molecule has 0 radical (unpaired) electrons. The summed E-state index contributed by atoms with van der Waals surface area (Å²) in [5.41, 5.74) is 36.8. The molecule has 546 valence electrons. The molecule has 0 aromatic carbocycles. The van der Waals surface area contributed by atoms with Crippen LogP contribution in [-0.4, -0.2) is 78.8 Å². The molecule has 4 fully saturated rings. The summed E-state index contributed by atoms with van der Waals surface area (Å²) in [6.45, 7) is 19.8. The highest BCUT2D eigenvalue weighted by atomic mass is 79.9. The smallest absolute Gasteiger partial charge is 0.205 e. The predicted octanol–water partition coefficient (Wildman–Crippen LogP) is 19.5. The SMILES string of the molecule is CC#Cc1cncc(-n2ccc(C3(C)CC4(CCCCC4)SC(N)=N3)c2)c1.CC#Cc1cncc(-n2ccc([C@]3(C)CC4(CCCCC4)SC(N)=N3)c2)c1.CC1(c2ccn(-c3cncc(Br)c3)c2)CC2(CCCCC2)SC(N)=N1.[C-]#[N+]c1cncc(C2=CCC([C@@]3(C)CC4(CCCCC4)SC(N)=N3)=C2)c1. The lowest BCUT2D eigenvalue weighted by Crippen LogP contribution is -2.45. The fourth-order valence-electron chi connectivity index (χ4n) is 17.8. The van der Waals surface area contributed by atoms with Crippen molar-refractivity contribution in [1.29, 1.82) is 0 Å². The minimum atomic E-state index is -0.272. The van der Waals surface area contributed by atoms with Crippen LogP contribution < -0.4 is 22.9 Å². The summed E-state index contributed by atoms with van der Waals surface area (Å²) in [4.78, 5) is 40.2. The molecule has 8 N–H and O–H groups in total. The molecule has 5 aliphatic carbocycles. The summed E-state index contributed by atoms with van der Waals surface area (Å²) in [7, 11) is 0. The Morgan fingerprint density at radius 3 is 1.17 bits per heavy atom. The minimum Gasteiger partial charge on any atom is -0.378 e. The van der Waals surface area contributed by atoms with Crippen molar-refractivity contribution in [3.8, 4) is 40.7 Å². The Labute approximate surface area is 646 Å². The maximum absolute atomic E-state index is 7.19. The number of allylic oxidation sites excluding steroid dienone is 3.